The Morgan fingerprint density at radius 1 is 1.36 bits per heavy atom. The Labute approximate surface area is 97.2 Å². The first kappa shape index (κ1) is 18.1. The molecule has 0 aliphatic rings. The van der Waals surface area contributed by atoms with E-state index in [4.69, 9.17) is 4.74 Å². The third-order valence-electron chi connectivity index (χ3n) is 0.801. The fraction of sp³-hybridized carbons (Fsp3) is 0.875. The summed E-state index contributed by atoms with van der Waals surface area (Å²) in [7, 11) is 0. The molecule has 1 atom stereocenters. The van der Waals surface area contributed by atoms with Gasteiger partial charge in [0.2, 0.25) is 0 Å². The molecule has 3 heteroatoms. The van der Waals surface area contributed by atoms with E-state index in [9.17, 15) is 0 Å². The molecule has 0 rings (SSSR count). The molecule has 0 aliphatic heterocycles. The van der Waals surface area contributed by atoms with Crippen molar-refractivity contribution >= 4 is 23.1 Å². The summed E-state index contributed by atoms with van der Waals surface area (Å²) in [6, 6.07) is 0. The van der Waals surface area contributed by atoms with E-state index in [-0.39, 0.29) is 45.6 Å². The fourth-order valence-electron chi connectivity index (χ4n) is 0.392. The van der Waals surface area contributed by atoms with E-state index in [0.717, 1.165) is 6.61 Å². The Morgan fingerprint density at radius 3 is 1.82 bits per heavy atom. The molecule has 1 nitrogen and oxygen atoms in total. The Hall–Kier alpha value is 1.21. The van der Waals surface area contributed by atoms with Crippen molar-refractivity contribution in [2.75, 3.05) is 6.61 Å². The van der Waals surface area contributed by atoms with Gasteiger partial charge in [-0.05, 0) is 20.8 Å². The van der Waals surface area contributed by atoms with Gasteiger partial charge >= 0.3 is 23.1 Å². The van der Waals surface area contributed by atoms with Gasteiger partial charge in [0.05, 0.1) is 5.60 Å². The maximum absolute atomic E-state index is 5.43. The zero-order valence-electron chi connectivity index (χ0n) is 7.98. The van der Waals surface area contributed by atoms with Gasteiger partial charge in [-0.1, -0.05) is 6.92 Å². The van der Waals surface area contributed by atoms with Crippen LogP contribution >= 0.6 is 0 Å². The van der Waals surface area contributed by atoms with Crippen molar-refractivity contribution < 1.29 is 21.7 Å². The van der Waals surface area contributed by atoms with Crippen LogP contribution in [-0.4, -0.2) is 35.3 Å². The Bertz CT molecular complexity index is 78.7. The summed E-state index contributed by atoms with van der Waals surface area (Å²) in [4.78, 5) is 0. The van der Waals surface area contributed by atoms with Crippen LogP contribution in [0.1, 0.15) is 27.7 Å². The van der Waals surface area contributed by atoms with Crippen LogP contribution in [0.3, 0.4) is 0 Å². The van der Waals surface area contributed by atoms with Gasteiger partial charge < -0.3 is 28.6 Å². The quantitative estimate of drug-likeness (QED) is 0.434. The number of hydrogen-bond donors (Lipinski definition) is 0. The third-order valence-corrected chi connectivity index (χ3v) is 0.801. The normalized spacial score (nSPS) is 12.8. The molecule has 0 aromatic carbocycles. The molecule has 0 bridgehead atoms. The molecule has 0 fully saturated rings. The number of rotatable bonds is 2. The van der Waals surface area contributed by atoms with E-state index in [1.165, 1.54) is 0 Å². The second kappa shape index (κ2) is 7.83. The second-order valence-electron chi connectivity index (χ2n) is 3.53. The van der Waals surface area contributed by atoms with E-state index in [2.05, 4.69) is 27.7 Å². The molecule has 11 heavy (non-hydrogen) atoms. The Kier molecular flexibility index (Phi) is 12.9. The standard InChI is InChI=1S/C8H17O.BrH.Mg/c1-7(2)6-9-8(3,4)5;;/h7H,1,6H2,2-5H3;1H;/q-1;;+2/p-1/t7-;;/m0../s1. The molecular weight excluding hydrogens is 216 g/mol. The molecule has 0 heterocycles. The summed E-state index contributed by atoms with van der Waals surface area (Å²) in [5.74, 6) is 0.393. The Morgan fingerprint density at radius 2 is 1.73 bits per heavy atom. The number of hydrogen-bond acceptors (Lipinski definition) is 1. The minimum atomic E-state index is -0.00799. The third kappa shape index (κ3) is 18.3. The van der Waals surface area contributed by atoms with Crippen molar-refractivity contribution in [3.05, 3.63) is 6.92 Å². The summed E-state index contributed by atoms with van der Waals surface area (Å²) in [5, 5.41) is 0. The molecular formula is C8H17BrMgO. The van der Waals surface area contributed by atoms with Crippen molar-refractivity contribution in [1.29, 1.82) is 0 Å². The van der Waals surface area contributed by atoms with Crippen molar-refractivity contribution in [1.82, 2.24) is 0 Å². The van der Waals surface area contributed by atoms with E-state index < -0.39 is 0 Å². The van der Waals surface area contributed by atoms with Gasteiger partial charge in [0.25, 0.3) is 0 Å². The molecule has 64 valence electrons. The first-order valence-electron chi connectivity index (χ1n) is 3.39. The molecule has 0 saturated carbocycles. The van der Waals surface area contributed by atoms with Crippen LogP contribution in [0.4, 0.5) is 0 Å². The van der Waals surface area contributed by atoms with Crippen molar-refractivity contribution in [3.63, 3.8) is 0 Å². The fourth-order valence-corrected chi connectivity index (χ4v) is 0.392. The molecule has 0 amide bonds. The molecule has 0 N–H and O–H groups in total. The van der Waals surface area contributed by atoms with Gasteiger partial charge in [-0.2, -0.15) is 0 Å². The molecule has 0 radical (unpaired) electrons. The number of ether oxygens (including phenoxy) is 1. The van der Waals surface area contributed by atoms with Crippen LogP contribution in [0.2, 0.25) is 0 Å². The van der Waals surface area contributed by atoms with E-state index in [1.807, 2.05) is 6.92 Å². The van der Waals surface area contributed by atoms with Crippen LogP contribution in [0.25, 0.3) is 0 Å². The van der Waals surface area contributed by atoms with Crippen molar-refractivity contribution in [3.8, 4) is 0 Å². The average molecular weight is 233 g/mol. The summed E-state index contributed by atoms with van der Waals surface area (Å²) < 4.78 is 5.43. The van der Waals surface area contributed by atoms with Gasteiger partial charge in [0, 0.05) is 6.61 Å². The zero-order chi connectivity index (χ0) is 7.49. The maximum atomic E-state index is 5.43. The monoisotopic (exact) mass is 232 g/mol. The molecule has 0 unspecified atom stereocenters. The smallest absolute Gasteiger partial charge is 1.00 e. The molecule has 0 aromatic heterocycles. The Balaban J connectivity index is -0.000000320. The summed E-state index contributed by atoms with van der Waals surface area (Å²) in [6.45, 7) is 12.8. The first-order chi connectivity index (χ1) is 3.92. The van der Waals surface area contributed by atoms with Crippen LogP contribution in [0.15, 0.2) is 0 Å². The van der Waals surface area contributed by atoms with Crippen LogP contribution in [-0.2, 0) is 4.74 Å². The van der Waals surface area contributed by atoms with Gasteiger partial charge in [0.15, 0.2) is 0 Å². The second-order valence-corrected chi connectivity index (χ2v) is 3.53. The molecule has 0 saturated heterocycles. The van der Waals surface area contributed by atoms with Crippen molar-refractivity contribution in [2.45, 2.75) is 33.3 Å². The predicted octanol–water partition coefficient (Wildman–Crippen LogP) is -1.11. The minimum absolute atomic E-state index is 0. The number of halogens is 1. The van der Waals surface area contributed by atoms with E-state index in [0.29, 0.717) is 5.92 Å². The first-order valence-corrected chi connectivity index (χ1v) is 3.39. The van der Waals surface area contributed by atoms with E-state index >= 15 is 0 Å². The van der Waals surface area contributed by atoms with Gasteiger partial charge in [-0.15, -0.1) is 5.92 Å². The van der Waals surface area contributed by atoms with Gasteiger partial charge in [0.1, 0.15) is 0 Å². The van der Waals surface area contributed by atoms with Crippen LogP contribution in [0, 0.1) is 12.8 Å². The largest absolute Gasteiger partial charge is 2.00 e. The maximum Gasteiger partial charge on any atom is 2.00 e. The predicted molar refractivity (Wildman–Crippen MR) is 46.0 cm³/mol. The van der Waals surface area contributed by atoms with E-state index in [1.54, 1.807) is 0 Å². The molecule has 0 spiro atoms. The minimum Gasteiger partial charge on any atom is -1.00 e. The van der Waals surface area contributed by atoms with Crippen LogP contribution < -0.4 is 17.0 Å². The van der Waals surface area contributed by atoms with Crippen molar-refractivity contribution in [2.24, 2.45) is 5.92 Å². The SMILES string of the molecule is [Br-].[CH2-][C@@H](C)COC(C)(C)C.[Mg+2]. The van der Waals surface area contributed by atoms with Gasteiger partial charge in [-0.3, -0.25) is 0 Å². The average Bonchev–Trinajstić information content (AvgIpc) is 1.59. The summed E-state index contributed by atoms with van der Waals surface area (Å²) >= 11 is 0. The topological polar surface area (TPSA) is 9.23 Å². The molecule has 0 aliphatic carbocycles. The summed E-state index contributed by atoms with van der Waals surface area (Å²) in [5.41, 5.74) is -0.00799. The van der Waals surface area contributed by atoms with Gasteiger partial charge in [-0.25, -0.2) is 0 Å². The summed E-state index contributed by atoms with van der Waals surface area (Å²) in [6.07, 6.45) is 0. The van der Waals surface area contributed by atoms with Crippen LogP contribution in [0.5, 0.6) is 0 Å². The molecule has 0 aromatic rings. The zero-order valence-corrected chi connectivity index (χ0v) is 11.0.